The third kappa shape index (κ3) is 4.73. The number of furan rings is 1. The molecule has 4 heteroatoms. The van der Waals surface area contributed by atoms with Gasteiger partial charge in [-0.05, 0) is 68.3 Å². The molecule has 1 aromatic heterocycles. The van der Waals surface area contributed by atoms with Crippen LogP contribution in [0, 0.1) is 12.8 Å². The fourth-order valence-electron chi connectivity index (χ4n) is 3.71. The van der Waals surface area contributed by atoms with Crippen LogP contribution in [-0.2, 0) is 13.0 Å². The van der Waals surface area contributed by atoms with E-state index in [0.29, 0.717) is 5.76 Å². The Balaban J connectivity index is 1.52. The molecule has 0 radical (unpaired) electrons. The zero-order chi connectivity index (χ0) is 17.6. The summed E-state index contributed by atoms with van der Waals surface area (Å²) in [7, 11) is 1.62. The summed E-state index contributed by atoms with van der Waals surface area (Å²) in [5.74, 6) is 1.84. The number of piperidine rings is 1. The Labute approximate surface area is 150 Å². The van der Waals surface area contributed by atoms with E-state index in [1.165, 1.54) is 30.4 Å². The van der Waals surface area contributed by atoms with Crippen molar-refractivity contribution < 1.29 is 9.21 Å². The van der Waals surface area contributed by atoms with Crippen LogP contribution in [0.3, 0.4) is 0 Å². The van der Waals surface area contributed by atoms with Crippen molar-refractivity contribution in [1.82, 2.24) is 10.2 Å². The zero-order valence-electron chi connectivity index (χ0n) is 15.3. The maximum atomic E-state index is 11.6. The van der Waals surface area contributed by atoms with Crippen LogP contribution in [0.25, 0.3) is 0 Å². The lowest BCUT2D eigenvalue weighted by molar-refractivity contribution is 0.0929. The van der Waals surface area contributed by atoms with Crippen LogP contribution in [-0.4, -0.2) is 30.9 Å². The molecule has 2 heterocycles. The van der Waals surface area contributed by atoms with Crippen LogP contribution in [0.15, 0.2) is 40.8 Å². The Morgan fingerprint density at radius 3 is 2.92 bits per heavy atom. The number of rotatable bonds is 6. The Kier molecular flexibility index (Phi) is 5.92. The maximum Gasteiger partial charge on any atom is 0.286 e. The molecule has 1 atom stereocenters. The third-order valence-corrected chi connectivity index (χ3v) is 5.18. The fraction of sp³-hybridized carbons (Fsp3) is 0.476. The molecule has 25 heavy (non-hydrogen) atoms. The highest BCUT2D eigenvalue weighted by Crippen LogP contribution is 2.24. The molecular weight excluding hydrogens is 312 g/mol. The molecule has 1 amide bonds. The average molecular weight is 340 g/mol. The summed E-state index contributed by atoms with van der Waals surface area (Å²) in [5, 5.41) is 2.60. The van der Waals surface area contributed by atoms with Gasteiger partial charge in [0.2, 0.25) is 0 Å². The molecule has 0 saturated carbocycles. The van der Waals surface area contributed by atoms with Crippen LogP contribution in [0.4, 0.5) is 0 Å². The molecule has 134 valence electrons. The van der Waals surface area contributed by atoms with Crippen LogP contribution in [0.1, 0.15) is 46.7 Å². The SMILES string of the molecule is CNC(=O)c1ccc(CN2CCC[C@@H](CCc3ccccc3C)C2)o1. The van der Waals surface area contributed by atoms with E-state index in [9.17, 15) is 4.79 Å². The van der Waals surface area contributed by atoms with Gasteiger partial charge in [0.05, 0.1) is 6.54 Å². The van der Waals surface area contributed by atoms with Crippen LogP contribution in [0.5, 0.6) is 0 Å². The van der Waals surface area contributed by atoms with E-state index in [0.717, 1.165) is 37.7 Å². The first kappa shape index (κ1) is 17.7. The van der Waals surface area contributed by atoms with Crippen molar-refractivity contribution in [2.75, 3.05) is 20.1 Å². The Morgan fingerprint density at radius 1 is 1.28 bits per heavy atom. The Morgan fingerprint density at radius 2 is 2.12 bits per heavy atom. The van der Waals surface area contributed by atoms with Crippen molar-refractivity contribution in [1.29, 1.82) is 0 Å². The van der Waals surface area contributed by atoms with Gasteiger partial charge in [-0.25, -0.2) is 0 Å². The number of amides is 1. The third-order valence-electron chi connectivity index (χ3n) is 5.18. The number of nitrogens with zero attached hydrogens (tertiary/aromatic N) is 1. The largest absolute Gasteiger partial charge is 0.455 e. The second-order valence-electron chi connectivity index (χ2n) is 7.05. The summed E-state index contributed by atoms with van der Waals surface area (Å²) in [6, 6.07) is 12.4. The van der Waals surface area contributed by atoms with E-state index in [-0.39, 0.29) is 5.91 Å². The normalized spacial score (nSPS) is 18.2. The summed E-state index contributed by atoms with van der Waals surface area (Å²) < 4.78 is 5.67. The number of aryl methyl sites for hydroxylation is 2. The molecule has 0 bridgehead atoms. The standard InChI is InChI=1S/C21H28N2O2/c1-16-6-3-4-8-18(16)10-9-17-7-5-13-23(14-17)15-19-11-12-20(25-19)21(24)22-2/h3-4,6,8,11-12,17H,5,7,9-10,13-15H2,1-2H3,(H,22,24)/t17-/m0/s1. The molecule has 0 aliphatic carbocycles. The second-order valence-corrected chi connectivity index (χ2v) is 7.05. The van der Waals surface area contributed by atoms with Crippen molar-refractivity contribution in [3.63, 3.8) is 0 Å². The van der Waals surface area contributed by atoms with Gasteiger partial charge >= 0.3 is 0 Å². The van der Waals surface area contributed by atoms with Crippen LogP contribution >= 0.6 is 0 Å². The topological polar surface area (TPSA) is 45.5 Å². The number of carbonyl (C=O) groups excluding carboxylic acids is 1. The van der Waals surface area contributed by atoms with Crippen LogP contribution < -0.4 is 5.32 Å². The molecule has 1 saturated heterocycles. The van der Waals surface area contributed by atoms with Gasteiger partial charge in [-0.15, -0.1) is 0 Å². The Hall–Kier alpha value is -2.07. The van der Waals surface area contributed by atoms with Gasteiger partial charge < -0.3 is 9.73 Å². The van der Waals surface area contributed by atoms with E-state index in [1.807, 2.05) is 6.07 Å². The predicted molar refractivity (Wildman–Crippen MR) is 99.6 cm³/mol. The maximum absolute atomic E-state index is 11.6. The molecule has 0 unspecified atom stereocenters. The Bertz CT molecular complexity index is 707. The van der Waals surface area contributed by atoms with Gasteiger partial charge in [0.15, 0.2) is 5.76 Å². The number of hydrogen-bond donors (Lipinski definition) is 1. The fourth-order valence-corrected chi connectivity index (χ4v) is 3.71. The summed E-state index contributed by atoms with van der Waals surface area (Å²) in [5.41, 5.74) is 2.87. The first-order valence-corrected chi connectivity index (χ1v) is 9.23. The predicted octanol–water partition coefficient (Wildman–Crippen LogP) is 3.79. The number of nitrogens with one attached hydrogen (secondary N) is 1. The molecule has 1 N–H and O–H groups in total. The van der Waals surface area contributed by atoms with E-state index < -0.39 is 0 Å². The number of likely N-dealkylation sites (tertiary alicyclic amines) is 1. The highest BCUT2D eigenvalue weighted by Gasteiger charge is 2.21. The molecule has 1 aliphatic rings. The van der Waals surface area contributed by atoms with E-state index in [2.05, 4.69) is 41.4 Å². The quantitative estimate of drug-likeness (QED) is 0.870. The zero-order valence-corrected chi connectivity index (χ0v) is 15.3. The van der Waals surface area contributed by atoms with Gasteiger partial charge in [-0.2, -0.15) is 0 Å². The average Bonchev–Trinajstić information content (AvgIpc) is 3.09. The number of benzene rings is 1. The lowest BCUT2D eigenvalue weighted by Gasteiger charge is -2.32. The summed E-state index contributed by atoms with van der Waals surface area (Å²) in [4.78, 5) is 14.1. The monoisotopic (exact) mass is 340 g/mol. The van der Waals surface area contributed by atoms with Crippen molar-refractivity contribution in [3.8, 4) is 0 Å². The van der Waals surface area contributed by atoms with Gasteiger partial charge in [0.1, 0.15) is 5.76 Å². The smallest absolute Gasteiger partial charge is 0.286 e. The van der Waals surface area contributed by atoms with Gasteiger partial charge in [-0.1, -0.05) is 24.3 Å². The molecule has 2 aromatic rings. The molecule has 0 spiro atoms. The van der Waals surface area contributed by atoms with Crippen molar-refractivity contribution >= 4 is 5.91 Å². The van der Waals surface area contributed by atoms with Crippen LogP contribution in [0.2, 0.25) is 0 Å². The van der Waals surface area contributed by atoms with E-state index in [1.54, 1.807) is 13.1 Å². The molecule has 1 aromatic carbocycles. The lowest BCUT2D eigenvalue weighted by atomic mass is 9.90. The number of carbonyl (C=O) groups is 1. The molecule has 4 nitrogen and oxygen atoms in total. The molecule has 1 fully saturated rings. The minimum Gasteiger partial charge on any atom is -0.455 e. The first-order chi connectivity index (χ1) is 12.2. The first-order valence-electron chi connectivity index (χ1n) is 9.23. The molecule has 3 rings (SSSR count). The molecule has 1 aliphatic heterocycles. The summed E-state index contributed by atoms with van der Waals surface area (Å²) in [6.07, 6.45) is 4.95. The van der Waals surface area contributed by atoms with Gasteiger partial charge in [0, 0.05) is 13.6 Å². The second kappa shape index (κ2) is 8.34. The summed E-state index contributed by atoms with van der Waals surface area (Å²) >= 11 is 0. The van der Waals surface area contributed by atoms with Crippen molar-refractivity contribution in [2.45, 2.75) is 39.2 Å². The van der Waals surface area contributed by atoms with Crippen molar-refractivity contribution in [2.24, 2.45) is 5.92 Å². The minimum atomic E-state index is -0.166. The molecular formula is C21H28N2O2. The van der Waals surface area contributed by atoms with Gasteiger partial charge in [0.25, 0.3) is 5.91 Å². The van der Waals surface area contributed by atoms with E-state index in [4.69, 9.17) is 4.42 Å². The minimum absolute atomic E-state index is 0.166. The highest BCUT2D eigenvalue weighted by molar-refractivity contribution is 5.91. The summed E-state index contributed by atoms with van der Waals surface area (Å²) in [6.45, 7) is 5.21. The lowest BCUT2D eigenvalue weighted by Crippen LogP contribution is -2.35. The highest BCUT2D eigenvalue weighted by atomic mass is 16.4. The van der Waals surface area contributed by atoms with E-state index >= 15 is 0 Å². The van der Waals surface area contributed by atoms with Crippen molar-refractivity contribution in [3.05, 3.63) is 59.0 Å². The number of hydrogen-bond acceptors (Lipinski definition) is 3. The van der Waals surface area contributed by atoms with Gasteiger partial charge in [-0.3, -0.25) is 9.69 Å².